The molecule has 7 nitrogen and oxygen atoms in total. The first-order chi connectivity index (χ1) is 13.0. The fraction of sp³-hybridized carbons (Fsp3) is 0.550. The van der Waals surface area contributed by atoms with Gasteiger partial charge in [-0.1, -0.05) is 19.9 Å². The van der Waals surface area contributed by atoms with Crippen molar-refractivity contribution in [3.63, 3.8) is 0 Å². The Morgan fingerprint density at radius 1 is 1.22 bits per heavy atom. The van der Waals surface area contributed by atoms with E-state index in [0.29, 0.717) is 31.9 Å². The number of hydrogen-bond acceptors (Lipinski definition) is 4. The molecule has 0 atom stereocenters. The van der Waals surface area contributed by atoms with Gasteiger partial charge in [-0.3, -0.25) is 14.3 Å². The molecule has 7 heteroatoms. The molecular formula is C20H26N4O3. The molecule has 2 saturated heterocycles. The Hall–Kier alpha value is -2.41. The molecule has 1 aromatic heterocycles. The van der Waals surface area contributed by atoms with Crippen molar-refractivity contribution < 1.29 is 14.3 Å². The smallest absolute Gasteiger partial charge is 0.251 e. The highest BCUT2D eigenvalue weighted by atomic mass is 16.5. The van der Waals surface area contributed by atoms with Gasteiger partial charge < -0.3 is 15.0 Å². The third kappa shape index (κ3) is 3.56. The van der Waals surface area contributed by atoms with Crippen LogP contribution in [0.5, 0.6) is 0 Å². The largest absolute Gasteiger partial charge is 0.377 e. The van der Waals surface area contributed by atoms with Crippen LogP contribution in [-0.4, -0.2) is 58.8 Å². The molecule has 2 aliphatic heterocycles. The zero-order valence-electron chi connectivity index (χ0n) is 15.9. The SMILES string of the molecule is CC(C)C(=O)N1CCC(NC(=O)c2ccc3cnn(C4COC4)c3c2)CC1. The highest BCUT2D eigenvalue weighted by molar-refractivity contribution is 5.98. The molecule has 2 aliphatic rings. The molecule has 1 N–H and O–H groups in total. The Labute approximate surface area is 158 Å². The third-order valence-corrected chi connectivity index (χ3v) is 5.46. The molecule has 0 unspecified atom stereocenters. The Morgan fingerprint density at radius 2 is 1.96 bits per heavy atom. The molecule has 0 spiro atoms. The average Bonchev–Trinajstić information content (AvgIpc) is 3.03. The maximum atomic E-state index is 12.7. The van der Waals surface area contributed by atoms with Gasteiger partial charge in [0, 0.05) is 36.0 Å². The number of amides is 2. The van der Waals surface area contributed by atoms with Gasteiger partial charge in [-0.25, -0.2) is 0 Å². The van der Waals surface area contributed by atoms with Gasteiger partial charge in [-0.05, 0) is 25.0 Å². The molecular weight excluding hydrogens is 344 g/mol. The van der Waals surface area contributed by atoms with Crippen LogP contribution >= 0.6 is 0 Å². The number of fused-ring (bicyclic) bond motifs is 1. The number of hydrogen-bond donors (Lipinski definition) is 1. The van der Waals surface area contributed by atoms with Crippen LogP contribution in [0.25, 0.3) is 10.9 Å². The summed E-state index contributed by atoms with van der Waals surface area (Å²) in [5, 5.41) is 8.59. The van der Waals surface area contributed by atoms with Crippen molar-refractivity contribution >= 4 is 22.7 Å². The number of aromatic nitrogens is 2. The molecule has 1 aromatic carbocycles. The fourth-order valence-corrected chi connectivity index (χ4v) is 3.71. The number of likely N-dealkylation sites (tertiary alicyclic amines) is 1. The summed E-state index contributed by atoms with van der Waals surface area (Å²) in [5.41, 5.74) is 1.61. The van der Waals surface area contributed by atoms with E-state index in [1.807, 2.05) is 47.8 Å². The summed E-state index contributed by atoms with van der Waals surface area (Å²) in [7, 11) is 0. The normalized spacial score (nSPS) is 18.7. The van der Waals surface area contributed by atoms with Gasteiger partial charge in [0.1, 0.15) is 0 Å². The number of nitrogens with zero attached hydrogens (tertiary/aromatic N) is 3. The summed E-state index contributed by atoms with van der Waals surface area (Å²) in [6.07, 6.45) is 3.42. The maximum absolute atomic E-state index is 12.7. The molecule has 2 fully saturated rings. The van der Waals surface area contributed by atoms with Crippen LogP contribution in [0.2, 0.25) is 0 Å². The minimum Gasteiger partial charge on any atom is -0.377 e. The molecule has 0 radical (unpaired) electrons. The molecule has 2 amide bonds. The van der Waals surface area contributed by atoms with Crippen LogP contribution < -0.4 is 5.32 Å². The lowest BCUT2D eigenvalue weighted by Gasteiger charge is -2.33. The van der Waals surface area contributed by atoms with E-state index >= 15 is 0 Å². The molecule has 3 heterocycles. The third-order valence-electron chi connectivity index (χ3n) is 5.46. The summed E-state index contributed by atoms with van der Waals surface area (Å²) < 4.78 is 7.21. The van der Waals surface area contributed by atoms with E-state index < -0.39 is 0 Å². The van der Waals surface area contributed by atoms with Gasteiger partial charge in [0.2, 0.25) is 5.91 Å². The van der Waals surface area contributed by atoms with Crippen molar-refractivity contribution in [1.82, 2.24) is 20.0 Å². The minimum absolute atomic E-state index is 0.0220. The minimum atomic E-state index is -0.0665. The molecule has 27 heavy (non-hydrogen) atoms. The fourth-order valence-electron chi connectivity index (χ4n) is 3.71. The van der Waals surface area contributed by atoms with Crippen molar-refractivity contribution in [2.24, 2.45) is 5.92 Å². The van der Waals surface area contributed by atoms with Crippen LogP contribution in [0.4, 0.5) is 0 Å². The topological polar surface area (TPSA) is 76.5 Å². The first kappa shape index (κ1) is 18.0. The van der Waals surface area contributed by atoms with Crippen LogP contribution in [0.15, 0.2) is 24.4 Å². The summed E-state index contributed by atoms with van der Waals surface area (Å²) in [6, 6.07) is 6.06. The van der Waals surface area contributed by atoms with Gasteiger partial charge in [0.15, 0.2) is 0 Å². The predicted octanol–water partition coefficient (Wildman–Crippen LogP) is 1.98. The van der Waals surface area contributed by atoms with Gasteiger partial charge >= 0.3 is 0 Å². The second kappa shape index (κ2) is 7.31. The number of piperidine rings is 1. The van der Waals surface area contributed by atoms with E-state index in [1.165, 1.54) is 0 Å². The highest BCUT2D eigenvalue weighted by Crippen LogP contribution is 2.24. The Morgan fingerprint density at radius 3 is 2.59 bits per heavy atom. The van der Waals surface area contributed by atoms with Crippen LogP contribution in [0.1, 0.15) is 43.1 Å². The molecule has 144 valence electrons. The maximum Gasteiger partial charge on any atom is 0.251 e. The number of rotatable bonds is 4. The van der Waals surface area contributed by atoms with Crippen molar-refractivity contribution in [3.8, 4) is 0 Å². The van der Waals surface area contributed by atoms with E-state index in [-0.39, 0.29) is 29.8 Å². The summed E-state index contributed by atoms with van der Waals surface area (Å²) in [4.78, 5) is 26.7. The Balaban J connectivity index is 1.41. The Bertz CT molecular complexity index is 848. The second-order valence-electron chi connectivity index (χ2n) is 7.78. The number of carbonyl (C=O) groups is 2. The molecule has 0 bridgehead atoms. The standard InChI is InChI=1S/C20H26N4O3/c1-13(2)20(26)23-7-5-16(6-8-23)22-19(25)14-3-4-15-10-21-24(18(15)9-14)17-11-27-12-17/h3-4,9-10,13,16-17H,5-8,11-12H2,1-2H3,(H,22,25). The van der Waals surface area contributed by atoms with Gasteiger partial charge in [0.25, 0.3) is 5.91 Å². The van der Waals surface area contributed by atoms with E-state index in [2.05, 4.69) is 10.4 Å². The number of ether oxygens (including phenoxy) is 1. The van der Waals surface area contributed by atoms with Gasteiger partial charge in [-0.15, -0.1) is 0 Å². The first-order valence-electron chi connectivity index (χ1n) is 9.67. The highest BCUT2D eigenvalue weighted by Gasteiger charge is 2.26. The average molecular weight is 370 g/mol. The van der Waals surface area contributed by atoms with E-state index in [4.69, 9.17) is 4.74 Å². The Kier molecular flexibility index (Phi) is 4.86. The van der Waals surface area contributed by atoms with Gasteiger partial charge in [-0.2, -0.15) is 5.10 Å². The van der Waals surface area contributed by atoms with Crippen molar-refractivity contribution in [3.05, 3.63) is 30.0 Å². The number of carbonyl (C=O) groups excluding carboxylic acids is 2. The van der Waals surface area contributed by atoms with Crippen molar-refractivity contribution in [1.29, 1.82) is 0 Å². The van der Waals surface area contributed by atoms with Gasteiger partial charge in [0.05, 0.1) is 31.0 Å². The van der Waals surface area contributed by atoms with Crippen LogP contribution in [0.3, 0.4) is 0 Å². The number of nitrogens with one attached hydrogen (secondary N) is 1. The van der Waals surface area contributed by atoms with Crippen LogP contribution in [-0.2, 0) is 9.53 Å². The lowest BCUT2D eigenvalue weighted by molar-refractivity contribution is -0.135. The zero-order valence-corrected chi connectivity index (χ0v) is 15.9. The molecule has 0 aliphatic carbocycles. The number of benzene rings is 1. The van der Waals surface area contributed by atoms with Crippen LogP contribution in [0, 0.1) is 5.92 Å². The summed E-state index contributed by atoms with van der Waals surface area (Å²) in [5.74, 6) is 0.149. The quantitative estimate of drug-likeness (QED) is 0.893. The van der Waals surface area contributed by atoms with E-state index in [0.717, 1.165) is 23.7 Å². The molecule has 0 saturated carbocycles. The summed E-state index contributed by atoms with van der Waals surface area (Å²) in [6.45, 7) is 6.59. The predicted molar refractivity (Wildman–Crippen MR) is 101 cm³/mol. The van der Waals surface area contributed by atoms with Crippen molar-refractivity contribution in [2.75, 3.05) is 26.3 Å². The molecule has 2 aromatic rings. The lowest BCUT2D eigenvalue weighted by Crippen LogP contribution is -2.47. The second-order valence-corrected chi connectivity index (χ2v) is 7.78. The lowest BCUT2D eigenvalue weighted by atomic mass is 10.0. The zero-order chi connectivity index (χ0) is 19.0. The molecule has 4 rings (SSSR count). The first-order valence-corrected chi connectivity index (χ1v) is 9.67. The van der Waals surface area contributed by atoms with E-state index in [1.54, 1.807) is 0 Å². The van der Waals surface area contributed by atoms with E-state index in [9.17, 15) is 9.59 Å². The monoisotopic (exact) mass is 370 g/mol. The van der Waals surface area contributed by atoms with Crippen molar-refractivity contribution in [2.45, 2.75) is 38.8 Å². The summed E-state index contributed by atoms with van der Waals surface area (Å²) >= 11 is 0.